The molecule has 0 amide bonds. The van der Waals surface area contributed by atoms with E-state index >= 15 is 0 Å². The summed E-state index contributed by atoms with van der Waals surface area (Å²) in [4.78, 5) is 0. The molecule has 0 bridgehead atoms. The number of nitrogens with zero attached hydrogens (tertiary/aromatic N) is 4. The van der Waals surface area contributed by atoms with Gasteiger partial charge in [0.2, 0.25) is 0 Å². The Bertz CT molecular complexity index is 188. The van der Waals surface area contributed by atoms with Gasteiger partial charge in [-0.1, -0.05) is 6.92 Å². The Balaban J connectivity index is 3.82. The third kappa shape index (κ3) is 3.92. The van der Waals surface area contributed by atoms with Crippen molar-refractivity contribution in [3.8, 4) is 12.1 Å². The molecule has 0 atom stereocenters. The number of hydrogen-bond acceptors (Lipinski definition) is 4. The second-order valence-corrected chi connectivity index (χ2v) is 2.43. The molecule has 0 aromatic rings. The molecule has 0 spiro atoms. The molecule has 0 aliphatic carbocycles. The van der Waals surface area contributed by atoms with Crippen LogP contribution in [0.1, 0.15) is 13.3 Å². The Morgan fingerprint density at radius 3 is 2.33 bits per heavy atom. The van der Waals surface area contributed by atoms with Crippen LogP contribution in [0.25, 0.3) is 0 Å². The Hall–Kier alpha value is -1.10. The van der Waals surface area contributed by atoms with E-state index in [4.69, 9.17) is 10.5 Å². The number of hydrogen-bond donors (Lipinski definition) is 0. The Labute approximate surface area is 73.6 Å². The second-order valence-electron chi connectivity index (χ2n) is 2.43. The van der Waals surface area contributed by atoms with Gasteiger partial charge < -0.3 is 0 Å². The normalized spacial score (nSPS) is 9.83. The van der Waals surface area contributed by atoms with Gasteiger partial charge in [-0.2, -0.15) is 10.5 Å². The van der Waals surface area contributed by atoms with E-state index in [1.807, 2.05) is 24.0 Å². The molecule has 0 unspecified atom stereocenters. The van der Waals surface area contributed by atoms with Crippen molar-refractivity contribution in [3.63, 3.8) is 0 Å². The van der Waals surface area contributed by atoms with E-state index in [2.05, 4.69) is 12.1 Å². The molecular formula is C8H14N4. The van der Waals surface area contributed by atoms with Crippen molar-refractivity contribution in [1.29, 1.82) is 10.5 Å². The minimum absolute atomic E-state index is 0.374. The molecule has 0 aromatic heterocycles. The lowest BCUT2D eigenvalue weighted by Crippen LogP contribution is -2.40. The maximum absolute atomic E-state index is 8.42. The average molecular weight is 166 g/mol. The van der Waals surface area contributed by atoms with Crippen LogP contribution in [0, 0.1) is 22.7 Å². The second kappa shape index (κ2) is 6.60. The van der Waals surface area contributed by atoms with Crippen molar-refractivity contribution >= 4 is 0 Å². The van der Waals surface area contributed by atoms with E-state index in [0.717, 1.165) is 6.54 Å². The lowest BCUT2D eigenvalue weighted by molar-refractivity contribution is 0.0196. The zero-order chi connectivity index (χ0) is 9.40. The minimum Gasteiger partial charge on any atom is -0.240 e. The largest absolute Gasteiger partial charge is 0.240 e. The van der Waals surface area contributed by atoms with Gasteiger partial charge in [-0.3, -0.25) is 0 Å². The Morgan fingerprint density at radius 1 is 1.25 bits per heavy atom. The highest BCUT2D eigenvalue weighted by Gasteiger charge is 2.06. The van der Waals surface area contributed by atoms with Gasteiger partial charge in [-0.05, 0) is 0 Å². The first-order chi connectivity index (χ1) is 5.76. The number of hydrazine groups is 1. The lowest BCUT2D eigenvalue weighted by Gasteiger charge is -2.27. The summed E-state index contributed by atoms with van der Waals surface area (Å²) in [6.45, 7) is 3.91. The SMILES string of the molecule is CCN(CCC#N)N(C)CC#N. The Kier molecular flexibility index (Phi) is 6.00. The maximum atomic E-state index is 8.42. The van der Waals surface area contributed by atoms with Gasteiger partial charge in [-0.25, -0.2) is 10.0 Å². The molecule has 0 heterocycles. The smallest absolute Gasteiger partial charge is 0.100 e. The summed E-state index contributed by atoms with van der Waals surface area (Å²) in [6.07, 6.45) is 0.504. The highest BCUT2D eigenvalue weighted by molar-refractivity contribution is 4.75. The van der Waals surface area contributed by atoms with Gasteiger partial charge in [0.05, 0.1) is 12.1 Å². The van der Waals surface area contributed by atoms with Crippen LogP contribution in [0.15, 0.2) is 0 Å². The predicted molar refractivity (Wildman–Crippen MR) is 45.7 cm³/mol. The van der Waals surface area contributed by atoms with Crippen LogP contribution in [0.3, 0.4) is 0 Å². The first-order valence-electron chi connectivity index (χ1n) is 3.96. The van der Waals surface area contributed by atoms with Crippen LogP contribution < -0.4 is 0 Å². The van der Waals surface area contributed by atoms with E-state index in [0.29, 0.717) is 19.5 Å². The van der Waals surface area contributed by atoms with E-state index in [1.54, 1.807) is 0 Å². The van der Waals surface area contributed by atoms with Gasteiger partial charge in [0.15, 0.2) is 0 Å². The van der Waals surface area contributed by atoms with Crippen LogP contribution in [-0.2, 0) is 0 Å². The van der Waals surface area contributed by atoms with E-state index < -0.39 is 0 Å². The van der Waals surface area contributed by atoms with Crippen molar-refractivity contribution in [2.45, 2.75) is 13.3 Å². The van der Waals surface area contributed by atoms with Gasteiger partial charge >= 0.3 is 0 Å². The van der Waals surface area contributed by atoms with Crippen molar-refractivity contribution < 1.29 is 0 Å². The van der Waals surface area contributed by atoms with Gasteiger partial charge in [0, 0.05) is 26.6 Å². The monoisotopic (exact) mass is 166 g/mol. The molecule has 0 radical (unpaired) electrons. The molecular weight excluding hydrogens is 152 g/mol. The van der Waals surface area contributed by atoms with Crippen molar-refractivity contribution in [1.82, 2.24) is 10.0 Å². The fraction of sp³-hybridized carbons (Fsp3) is 0.750. The molecule has 0 aliphatic rings. The minimum atomic E-state index is 0.374. The number of nitriles is 2. The third-order valence-electron chi connectivity index (χ3n) is 1.63. The Morgan fingerprint density at radius 2 is 1.92 bits per heavy atom. The highest BCUT2D eigenvalue weighted by Crippen LogP contribution is 1.94. The molecule has 0 fully saturated rings. The third-order valence-corrected chi connectivity index (χ3v) is 1.63. The van der Waals surface area contributed by atoms with Gasteiger partial charge in [0.1, 0.15) is 6.54 Å². The average Bonchev–Trinajstić information content (AvgIpc) is 2.06. The van der Waals surface area contributed by atoms with Crippen LogP contribution in [-0.4, -0.2) is 36.7 Å². The first kappa shape index (κ1) is 10.9. The van der Waals surface area contributed by atoms with Crippen molar-refractivity contribution in [3.05, 3.63) is 0 Å². The first-order valence-corrected chi connectivity index (χ1v) is 3.96. The fourth-order valence-corrected chi connectivity index (χ4v) is 0.952. The molecule has 0 aromatic carbocycles. The molecule has 66 valence electrons. The zero-order valence-corrected chi connectivity index (χ0v) is 7.62. The summed E-state index contributed by atoms with van der Waals surface area (Å²) in [5.41, 5.74) is 0. The molecule has 0 rings (SSSR count). The van der Waals surface area contributed by atoms with Crippen LogP contribution in [0.4, 0.5) is 0 Å². The van der Waals surface area contributed by atoms with Gasteiger partial charge in [0.25, 0.3) is 0 Å². The number of rotatable bonds is 5. The summed E-state index contributed by atoms with van der Waals surface area (Å²) in [6, 6.07) is 4.14. The summed E-state index contributed by atoms with van der Waals surface area (Å²) in [5.74, 6) is 0. The van der Waals surface area contributed by atoms with E-state index in [-0.39, 0.29) is 0 Å². The molecule has 0 saturated heterocycles. The lowest BCUT2D eigenvalue weighted by atomic mass is 10.4. The molecule has 0 aliphatic heterocycles. The highest BCUT2D eigenvalue weighted by atomic mass is 15.6. The van der Waals surface area contributed by atoms with Crippen molar-refractivity contribution in [2.24, 2.45) is 0 Å². The van der Waals surface area contributed by atoms with Crippen LogP contribution >= 0.6 is 0 Å². The summed E-state index contributed by atoms with van der Waals surface area (Å²) < 4.78 is 0. The van der Waals surface area contributed by atoms with Crippen LogP contribution in [0.5, 0.6) is 0 Å². The fourth-order valence-electron chi connectivity index (χ4n) is 0.952. The summed E-state index contributed by atoms with van der Waals surface area (Å²) in [5, 5.41) is 20.6. The predicted octanol–water partition coefficient (Wildman–Crippen LogP) is 0.592. The van der Waals surface area contributed by atoms with E-state index in [1.165, 1.54) is 0 Å². The van der Waals surface area contributed by atoms with Crippen LogP contribution in [0.2, 0.25) is 0 Å². The molecule has 12 heavy (non-hydrogen) atoms. The zero-order valence-electron chi connectivity index (χ0n) is 7.62. The topological polar surface area (TPSA) is 54.1 Å². The maximum Gasteiger partial charge on any atom is 0.100 e. The molecule has 4 heteroatoms. The molecule has 0 N–H and O–H groups in total. The standard InChI is InChI=1S/C8H14N4/c1-3-12(7-4-5-9)11(2)8-6-10/h3-4,7-8H2,1-2H3. The molecule has 4 nitrogen and oxygen atoms in total. The van der Waals surface area contributed by atoms with Crippen molar-refractivity contribution in [2.75, 3.05) is 26.7 Å². The quantitative estimate of drug-likeness (QED) is 0.443. The van der Waals surface area contributed by atoms with E-state index in [9.17, 15) is 0 Å². The summed E-state index contributed by atoms with van der Waals surface area (Å²) >= 11 is 0. The summed E-state index contributed by atoms with van der Waals surface area (Å²) in [7, 11) is 1.85. The van der Waals surface area contributed by atoms with Gasteiger partial charge in [-0.15, -0.1) is 0 Å². The molecule has 0 saturated carbocycles.